The molecule has 1 aliphatic heterocycles. The van der Waals surface area contributed by atoms with Crippen molar-refractivity contribution in [1.82, 2.24) is 19.6 Å². The fourth-order valence-corrected chi connectivity index (χ4v) is 3.61. The second kappa shape index (κ2) is 9.89. The summed E-state index contributed by atoms with van der Waals surface area (Å²) in [5, 5.41) is 4.95. The fraction of sp³-hybridized carbons (Fsp3) is 0.476. The molecule has 29 heavy (non-hydrogen) atoms. The van der Waals surface area contributed by atoms with E-state index in [0.29, 0.717) is 36.9 Å². The highest BCUT2D eigenvalue weighted by molar-refractivity contribution is 6.30. The Labute approximate surface area is 175 Å². The number of hydrogen-bond donors (Lipinski definition) is 0. The van der Waals surface area contributed by atoms with Crippen LogP contribution >= 0.6 is 11.6 Å². The van der Waals surface area contributed by atoms with E-state index in [4.69, 9.17) is 16.3 Å². The number of methoxy groups -OCH3 is 1. The van der Waals surface area contributed by atoms with Crippen LogP contribution in [0, 0.1) is 0 Å². The highest BCUT2D eigenvalue weighted by Crippen LogP contribution is 2.24. The number of carbonyl (C=O) groups is 1. The summed E-state index contributed by atoms with van der Waals surface area (Å²) < 4.78 is 6.81. The molecule has 0 unspecified atom stereocenters. The lowest BCUT2D eigenvalue weighted by Gasteiger charge is -2.34. The molecule has 1 aliphatic rings. The highest BCUT2D eigenvalue weighted by atomic mass is 35.5. The second-order valence-electron chi connectivity index (χ2n) is 7.16. The van der Waals surface area contributed by atoms with E-state index >= 15 is 0 Å². The zero-order valence-corrected chi connectivity index (χ0v) is 17.7. The first-order valence-electron chi connectivity index (χ1n) is 9.94. The molecule has 0 spiro atoms. The average Bonchev–Trinajstić information content (AvgIpc) is 2.73. The summed E-state index contributed by atoms with van der Waals surface area (Å²) in [7, 11) is 1.65. The summed E-state index contributed by atoms with van der Waals surface area (Å²) >= 11 is 6.12. The van der Waals surface area contributed by atoms with Crippen LogP contribution in [-0.2, 0) is 13.1 Å². The summed E-state index contributed by atoms with van der Waals surface area (Å²) in [4.78, 5) is 28.8. The van der Waals surface area contributed by atoms with E-state index in [0.717, 1.165) is 37.2 Å². The Bertz CT molecular complexity index is 907. The molecule has 7 nitrogen and oxygen atoms in total. The molecule has 0 aliphatic carbocycles. The maximum atomic E-state index is 12.8. The average molecular weight is 419 g/mol. The van der Waals surface area contributed by atoms with Gasteiger partial charge in [-0.05, 0) is 30.7 Å². The van der Waals surface area contributed by atoms with Gasteiger partial charge in [0.1, 0.15) is 11.4 Å². The molecule has 2 aromatic rings. The van der Waals surface area contributed by atoms with Crippen molar-refractivity contribution in [3.05, 3.63) is 57.0 Å². The number of rotatable bonds is 7. The zero-order chi connectivity index (χ0) is 20.8. The van der Waals surface area contributed by atoms with Crippen molar-refractivity contribution in [2.75, 3.05) is 33.3 Å². The third kappa shape index (κ3) is 5.36. The fourth-order valence-electron chi connectivity index (χ4n) is 3.41. The van der Waals surface area contributed by atoms with Crippen LogP contribution in [0.3, 0.4) is 0 Å². The van der Waals surface area contributed by atoms with E-state index in [1.54, 1.807) is 12.0 Å². The van der Waals surface area contributed by atoms with Gasteiger partial charge in [-0.25, -0.2) is 4.68 Å². The molecular weight excluding hydrogens is 392 g/mol. The lowest BCUT2D eigenvalue weighted by Crippen LogP contribution is -2.48. The third-order valence-electron chi connectivity index (χ3n) is 5.11. The summed E-state index contributed by atoms with van der Waals surface area (Å²) in [6, 6.07) is 8.55. The minimum absolute atomic E-state index is 0.129. The first kappa shape index (κ1) is 21.3. The van der Waals surface area contributed by atoms with Crippen LogP contribution in [0.15, 0.2) is 35.1 Å². The van der Waals surface area contributed by atoms with Crippen LogP contribution in [-0.4, -0.2) is 58.8 Å². The third-order valence-corrected chi connectivity index (χ3v) is 5.34. The van der Waals surface area contributed by atoms with E-state index < -0.39 is 0 Å². The first-order valence-corrected chi connectivity index (χ1v) is 10.3. The zero-order valence-electron chi connectivity index (χ0n) is 16.9. The van der Waals surface area contributed by atoms with Gasteiger partial charge in [0, 0.05) is 55.9 Å². The quantitative estimate of drug-likeness (QED) is 0.691. The highest BCUT2D eigenvalue weighted by Gasteiger charge is 2.24. The van der Waals surface area contributed by atoms with Gasteiger partial charge in [-0.2, -0.15) is 5.10 Å². The molecule has 0 saturated carbocycles. The Morgan fingerprint density at radius 3 is 2.62 bits per heavy atom. The van der Waals surface area contributed by atoms with Gasteiger partial charge in [0.2, 0.25) is 0 Å². The lowest BCUT2D eigenvalue weighted by molar-refractivity contribution is 0.0619. The van der Waals surface area contributed by atoms with E-state index in [9.17, 15) is 9.59 Å². The molecule has 2 heterocycles. The predicted molar refractivity (Wildman–Crippen MR) is 113 cm³/mol. The van der Waals surface area contributed by atoms with Gasteiger partial charge < -0.3 is 9.64 Å². The van der Waals surface area contributed by atoms with Crippen molar-refractivity contribution in [3.63, 3.8) is 0 Å². The van der Waals surface area contributed by atoms with Crippen LogP contribution in [0.4, 0.5) is 0 Å². The van der Waals surface area contributed by atoms with Crippen LogP contribution < -0.4 is 10.3 Å². The van der Waals surface area contributed by atoms with Gasteiger partial charge in [0.15, 0.2) is 0 Å². The van der Waals surface area contributed by atoms with Gasteiger partial charge in [0.25, 0.3) is 11.5 Å². The van der Waals surface area contributed by atoms with Crippen molar-refractivity contribution in [3.8, 4) is 5.75 Å². The number of hydrogen-bond acceptors (Lipinski definition) is 5. The van der Waals surface area contributed by atoms with Gasteiger partial charge in [-0.1, -0.05) is 24.9 Å². The Hall–Kier alpha value is -2.38. The van der Waals surface area contributed by atoms with Gasteiger partial charge >= 0.3 is 0 Å². The number of ether oxygens (including phenoxy) is 1. The van der Waals surface area contributed by atoms with Gasteiger partial charge in [-0.15, -0.1) is 0 Å². The molecule has 1 amide bonds. The molecule has 156 valence electrons. The number of unbranched alkanes of at least 4 members (excludes halogenated alkanes) is 1. The van der Waals surface area contributed by atoms with Crippen molar-refractivity contribution >= 4 is 17.5 Å². The summed E-state index contributed by atoms with van der Waals surface area (Å²) in [5.41, 5.74) is 1.19. The number of nitrogens with zero attached hydrogens (tertiary/aromatic N) is 4. The Morgan fingerprint density at radius 1 is 1.17 bits per heavy atom. The molecule has 0 radical (unpaired) electrons. The molecule has 3 rings (SSSR count). The molecule has 1 fully saturated rings. The minimum Gasteiger partial charge on any atom is -0.496 e. The van der Waals surface area contributed by atoms with Crippen molar-refractivity contribution in [1.29, 1.82) is 0 Å². The molecular formula is C21H27ClN4O3. The number of amides is 1. The van der Waals surface area contributed by atoms with Crippen LogP contribution in [0.1, 0.15) is 35.8 Å². The van der Waals surface area contributed by atoms with Crippen LogP contribution in [0.5, 0.6) is 5.75 Å². The normalized spacial score (nSPS) is 14.8. The molecule has 8 heteroatoms. The molecule has 1 saturated heterocycles. The van der Waals surface area contributed by atoms with E-state index in [1.165, 1.54) is 16.8 Å². The number of piperazine rings is 1. The second-order valence-corrected chi connectivity index (χ2v) is 7.59. The summed E-state index contributed by atoms with van der Waals surface area (Å²) in [6.45, 7) is 6.01. The van der Waals surface area contributed by atoms with Crippen LogP contribution in [0.25, 0.3) is 0 Å². The molecule has 0 N–H and O–H groups in total. The predicted octanol–water partition coefficient (Wildman–Crippen LogP) is 2.66. The molecule has 1 aromatic heterocycles. The number of halogens is 1. The number of benzene rings is 1. The topological polar surface area (TPSA) is 67.7 Å². The first-order chi connectivity index (χ1) is 14.0. The smallest absolute Gasteiger partial charge is 0.274 e. The Balaban J connectivity index is 1.61. The molecule has 0 bridgehead atoms. The number of aryl methyl sites for hydroxylation is 1. The Kier molecular flexibility index (Phi) is 7.28. The number of aromatic nitrogens is 2. The Morgan fingerprint density at radius 2 is 1.93 bits per heavy atom. The van der Waals surface area contributed by atoms with Crippen molar-refractivity contribution in [2.24, 2.45) is 0 Å². The maximum Gasteiger partial charge on any atom is 0.274 e. The SMILES string of the molecule is CCCCn1nc(C(=O)N2CCN(Cc3cc(Cl)ccc3OC)CC2)ccc1=O. The maximum absolute atomic E-state index is 12.8. The summed E-state index contributed by atoms with van der Waals surface area (Å²) in [6.07, 6.45) is 1.82. The van der Waals surface area contributed by atoms with E-state index in [2.05, 4.69) is 16.9 Å². The molecule has 1 aromatic carbocycles. The van der Waals surface area contributed by atoms with E-state index in [-0.39, 0.29) is 11.5 Å². The van der Waals surface area contributed by atoms with Gasteiger partial charge in [0.05, 0.1) is 7.11 Å². The summed E-state index contributed by atoms with van der Waals surface area (Å²) in [5.74, 6) is 0.682. The van der Waals surface area contributed by atoms with Crippen molar-refractivity contribution < 1.29 is 9.53 Å². The number of carbonyl (C=O) groups excluding carboxylic acids is 1. The largest absolute Gasteiger partial charge is 0.496 e. The minimum atomic E-state index is -0.171. The monoisotopic (exact) mass is 418 g/mol. The van der Waals surface area contributed by atoms with E-state index in [1.807, 2.05) is 18.2 Å². The standard InChI is InChI=1S/C21H27ClN4O3/c1-3-4-9-26-20(27)8-6-18(23-26)21(28)25-12-10-24(11-13-25)15-16-14-17(22)5-7-19(16)29-2/h5-8,14H,3-4,9-13,15H2,1-2H3. The van der Waals surface area contributed by atoms with Crippen molar-refractivity contribution in [2.45, 2.75) is 32.9 Å². The van der Waals surface area contributed by atoms with Crippen LogP contribution in [0.2, 0.25) is 5.02 Å². The lowest BCUT2D eigenvalue weighted by atomic mass is 10.1. The molecule has 0 atom stereocenters. The van der Waals surface area contributed by atoms with Gasteiger partial charge in [-0.3, -0.25) is 14.5 Å².